The Morgan fingerprint density at radius 2 is 1.70 bits per heavy atom. The summed E-state index contributed by atoms with van der Waals surface area (Å²) in [6.07, 6.45) is 2.05. The molecule has 3 rings (SSSR count). The second-order valence-electron chi connectivity index (χ2n) is 5.95. The third kappa shape index (κ3) is 4.74. The van der Waals surface area contributed by atoms with Crippen molar-refractivity contribution >= 4 is 46.0 Å². The number of nitrogens with one attached hydrogen (secondary N) is 1. The Morgan fingerprint density at radius 1 is 1.00 bits per heavy atom. The number of halogens is 1. The largest absolute Gasteiger partial charge is 0.449 e. The lowest BCUT2D eigenvalue weighted by Gasteiger charge is -2.13. The summed E-state index contributed by atoms with van der Waals surface area (Å²) in [6, 6.07) is 20.6. The Labute approximate surface area is 162 Å². The van der Waals surface area contributed by atoms with Crippen LogP contribution < -0.4 is 5.32 Å². The Morgan fingerprint density at radius 3 is 2.52 bits per heavy atom. The number of rotatable bonds is 5. The van der Waals surface area contributed by atoms with Gasteiger partial charge in [-0.25, -0.2) is 4.79 Å². The summed E-state index contributed by atoms with van der Waals surface area (Å²) in [7, 11) is 0. The van der Waals surface area contributed by atoms with Crippen molar-refractivity contribution in [2.75, 3.05) is 5.32 Å². The maximum atomic E-state index is 12.2. The predicted molar refractivity (Wildman–Crippen MR) is 109 cm³/mol. The van der Waals surface area contributed by atoms with Crippen LogP contribution >= 0.6 is 11.6 Å². The van der Waals surface area contributed by atoms with Gasteiger partial charge in [-0.15, -0.1) is 0 Å². The number of carbonyl (C=O) groups excluding carboxylic acids is 2. The summed E-state index contributed by atoms with van der Waals surface area (Å²) in [6.45, 7) is 1.51. The molecule has 0 unspecified atom stereocenters. The fourth-order valence-corrected chi connectivity index (χ4v) is 2.80. The first-order valence-corrected chi connectivity index (χ1v) is 8.84. The highest BCUT2D eigenvalue weighted by atomic mass is 35.5. The van der Waals surface area contributed by atoms with Gasteiger partial charge in [0.15, 0.2) is 6.10 Å². The minimum absolute atomic E-state index is 0.417. The molecule has 4 nitrogen and oxygen atoms in total. The quantitative estimate of drug-likeness (QED) is 0.497. The van der Waals surface area contributed by atoms with Crippen LogP contribution in [-0.2, 0) is 14.3 Å². The number of benzene rings is 3. The first-order valence-electron chi connectivity index (χ1n) is 8.46. The molecule has 0 saturated carbocycles. The molecule has 0 aliphatic carbocycles. The van der Waals surface area contributed by atoms with E-state index in [9.17, 15) is 9.59 Å². The number of para-hydroxylation sites is 1. The molecular weight excluding hydrogens is 362 g/mol. The highest BCUT2D eigenvalue weighted by Gasteiger charge is 2.17. The summed E-state index contributed by atoms with van der Waals surface area (Å²) < 4.78 is 5.18. The number of esters is 1. The third-order valence-electron chi connectivity index (χ3n) is 4.02. The van der Waals surface area contributed by atoms with Crippen LogP contribution in [0.2, 0.25) is 5.02 Å². The molecule has 1 N–H and O–H groups in total. The van der Waals surface area contributed by atoms with Crippen LogP contribution in [0.5, 0.6) is 0 Å². The predicted octanol–water partition coefficient (Wildman–Crippen LogP) is 5.08. The summed E-state index contributed by atoms with van der Waals surface area (Å²) in [5.74, 6) is -1.04. The van der Waals surface area contributed by atoms with E-state index in [1.165, 1.54) is 13.0 Å². The fourth-order valence-electron chi connectivity index (χ4n) is 2.62. The average molecular weight is 380 g/mol. The number of anilines is 1. The molecule has 0 bridgehead atoms. The zero-order chi connectivity index (χ0) is 19.2. The number of amides is 1. The lowest BCUT2D eigenvalue weighted by Crippen LogP contribution is -2.29. The van der Waals surface area contributed by atoms with Crippen molar-refractivity contribution in [3.63, 3.8) is 0 Å². The van der Waals surface area contributed by atoms with Gasteiger partial charge >= 0.3 is 5.97 Å². The Bertz CT molecular complexity index is 1010. The normalized spacial score (nSPS) is 12.1. The molecular formula is C22H18ClNO3. The van der Waals surface area contributed by atoms with Crippen LogP contribution in [0.3, 0.4) is 0 Å². The van der Waals surface area contributed by atoms with E-state index >= 15 is 0 Å². The molecule has 0 saturated heterocycles. The molecule has 136 valence electrons. The van der Waals surface area contributed by atoms with Gasteiger partial charge in [0.1, 0.15) is 0 Å². The lowest BCUT2D eigenvalue weighted by atomic mass is 10.0. The van der Waals surface area contributed by atoms with Crippen molar-refractivity contribution < 1.29 is 14.3 Å². The maximum absolute atomic E-state index is 12.2. The summed E-state index contributed by atoms with van der Waals surface area (Å²) in [4.78, 5) is 24.2. The molecule has 0 aliphatic heterocycles. The van der Waals surface area contributed by atoms with E-state index in [0.29, 0.717) is 10.7 Å². The van der Waals surface area contributed by atoms with Gasteiger partial charge in [-0.1, -0.05) is 66.2 Å². The van der Waals surface area contributed by atoms with Crippen LogP contribution in [0.4, 0.5) is 5.69 Å². The van der Waals surface area contributed by atoms with E-state index < -0.39 is 18.0 Å². The molecule has 0 fully saturated rings. The summed E-state index contributed by atoms with van der Waals surface area (Å²) in [5, 5.41) is 5.18. The van der Waals surface area contributed by atoms with Crippen molar-refractivity contribution in [1.82, 2.24) is 0 Å². The second kappa shape index (κ2) is 8.52. The van der Waals surface area contributed by atoms with Gasteiger partial charge in [0.2, 0.25) is 0 Å². The standard InChI is InChI=1S/C22H18ClNO3/c1-15(22(26)24-20-12-5-4-11-19(20)23)27-21(25)14-13-17-9-6-8-16-7-2-3-10-18(16)17/h2-15H,1H3,(H,24,26)/b14-13+/t15-/m1/s1. The van der Waals surface area contributed by atoms with E-state index in [0.717, 1.165) is 16.3 Å². The van der Waals surface area contributed by atoms with E-state index in [1.54, 1.807) is 30.3 Å². The molecule has 0 aromatic heterocycles. The highest BCUT2D eigenvalue weighted by Crippen LogP contribution is 2.21. The van der Waals surface area contributed by atoms with Gasteiger partial charge in [0.05, 0.1) is 10.7 Å². The summed E-state index contributed by atoms with van der Waals surface area (Å²) in [5.41, 5.74) is 1.37. The molecule has 27 heavy (non-hydrogen) atoms. The summed E-state index contributed by atoms with van der Waals surface area (Å²) >= 11 is 6.01. The molecule has 3 aromatic carbocycles. The van der Waals surface area contributed by atoms with E-state index in [2.05, 4.69) is 5.32 Å². The molecule has 5 heteroatoms. The number of carbonyl (C=O) groups is 2. The maximum Gasteiger partial charge on any atom is 0.331 e. The number of fused-ring (bicyclic) bond motifs is 1. The van der Waals surface area contributed by atoms with Crippen molar-refractivity contribution in [1.29, 1.82) is 0 Å². The van der Waals surface area contributed by atoms with Crippen LogP contribution in [0.1, 0.15) is 12.5 Å². The highest BCUT2D eigenvalue weighted by molar-refractivity contribution is 6.33. The SMILES string of the molecule is C[C@@H](OC(=O)/C=C/c1cccc2ccccc12)C(=O)Nc1ccccc1Cl. The first-order chi connectivity index (χ1) is 13.0. The Balaban J connectivity index is 1.63. The van der Waals surface area contributed by atoms with Crippen LogP contribution in [0.15, 0.2) is 72.8 Å². The molecule has 0 heterocycles. The Kier molecular flexibility index (Phi) is 5.89. The fraction of sp³-hybridized carbons (Fsp3) is 0.0909. The topological polar surface area (TPSA) is 55.4 Å². The van der Waals surface area contributed by atoms with Gasteiger partial charge < -0.3 is 10.1 Å². The average Bonchev–Trinajstić information content (AvgIpc) is 2.68. The van der Waals surface area contributed by atoms with Crippen LogP contribution in [0.25, 0.3) is 16.8 Å². The first kappa shape index (κ1) is 18.7. The molecule has 3 aromatic rings. The van der Waals surface area contributed by atoms with Crippen molar-refractivity contribution in [2.24, 2.45) is 0 Å². The lowest BCUT2D eigenvalue weighted by molar-refractivity contribution is -0.148. The second-order valence-corrected chi connectivity index (χ2v) is 6.36. The van der Waals surface area contributed by atoms with Crippen molar-refractivity contribution in [3.8, 4) is 0 Å². The van der Waals surface area contributed by atoms with Gasteiger partial charge in [0, 0.05) is 6.08 Å². The van der Waals surface area contributed by atoms with Crippen LogP contribution in [0, 0.1) is 0 Å². The van der Waals surface area contributed by atoms with Gasteiger partial charge in [-0.05, 0) is 41.5 Å². The van der Waals surface area contributed by atoms with Gasteiger partial charge in [0.25, 0.3) is 5.91 Å². The van der Waals surface area contributed by atoms with Gasteiger partial charge in [-0.3, -0.25) is 4.79 Å². The third-order valence-corrected chi connectivity index (χ3v) is 4.35. The Hall–Kier alpha value is -3.11. The van der Waals surface area contributed by atoms with E-state index in [1.807, 2.05) is 42.5 Å². The molecule has 0 aliphatic rings. The molecule has 0 spiro atoms. The van der Waals surface area contributed by atoms with E-state index in [4.69, 9.17) is 16.3 Å². The molecule has 1 atom stereocenters. The van der Waals surface area contributed by atoms with Crippen LogP contribution in [-0.4, -0.2) is 18.0 Å². The number of hydrogen-bond donors (Lipinski definition) is 1. The smallest absolute Gasteiger partial charge is 0.331 e. The monoisotopic (exact) mass is 379 g/mol. The molecule has 0 radical (unpaired) electrons. The number of hydrogen-bond acceptors (Lipinski definition) is 3. The van der Waals surface area contributed by atoms with Crippen molar-refractivity contribution in [3.05, 3.63) is 83.4 Å². The zero-order valence-electron chi connectivity index (χ0n) is 14.7. The van der Waals surface area contributed by atoms with Crippen molar-refractivity contribution in [2.45, 2.75) is 13.0 Å². The van der Waals surface area contributed by atoms with Gasteiger partial charge in [-0.2, -0.15) is 0 Å². The zero-order valence-corrected chi connectivity index (χ0v) is 15.4. The number of ether oxygens (including phenoxy) is 1. The molecule has 1 amide bonds. The minimum atomic E-state index is -0.953. The minimum Gasteiger partial charge on any atom is -0.449 e. The van der Waals surface area contributed by atoms with E-state index in [-0.39, 0.29) is 0 Å².